The fraction of sp³-hybridized carbons (Fsp3) is 0.800. The van der Waals surface area contributed by atoms with Gasteiger partial charge in [-0.05, 0) is 57.3 Å². The molecule has 1 heterocycles. The second-order valence-electron chi connectivity index (χ2n) is 8.31. The van der Waals surface area contributed by atoms with Gasteiger partial charge in [-0.15, -0.1) is 0 Å². The Labute approximate surface area is 150 Å². The van der Waals surface area contributed by atoms with Crippen molar-refractivity contribution in [3.63, 3.8) is 0 Å². The fourth-order valence-electron chi connectivity index (χ4n) is 4.61. The highest BCUT2D eigenvalue weighted by molar-refractivity contribution is 5.85. The van der Waals surface area contributed by atoms with Crippen molar-refractivity contribution in [1.82, 2.24) is 9.78 Å². The molecule has 3 aliphatic rings. The maximum atomic E-state index is 12.5. The highest BCUT2D eigenvalue weighted by Gasteiger charge is 2.34. The van der Waals surface area contributed by atoms with Gasteiger partial charge in [0.1, 0.15) is 11.9 Å². The third-order valence-electron chi connectivity index (χ3n) is 6.69. The summed E-state index contributed by atoms with van der Waals surface area (Å²) in [6, 6.07) is 0. The normalized spacial score (nSPS) is 23.1. The molecule has 5 nitrogen and oxygen atoms in total. The molecule has 1 aromatic rings. The minimum atomic E-state index is -0.319. The van der Waals surface area contributed by atoms with Gasteiger partial charge in [0.05, 0.1) is 5.69 Å². The molecule has 0 bridgehead atoms. The smallest absolute Gasteiger partial charge is 0.413 e. The van der Waals surface area contributed by atoms with Crippen molar-refractivity contribution in [2.75, 3.05) is 5.32 Å². The molecule has 0 radical (unpaired) electrons. The van der Waals surface area contributed by atoms with E-state index in [9.17, 15) is 4.79 Å². The number of carbonyl (C=O) groups excluding carboxylic acids is 1. The Hall–Kier alpha value is -1.52. The number of hydrogen-bond acceptors (Lipinski definition) is 3. The maximum Gasteiger partial charge on any atom is 0.413 e. The molecule has 1 aromatic heterocycles. The minimum absolute atomic E-state index is 0.00318. The molecule has 0 spiro atoms. The van der Waals surface area contributed by atoms with E-state index in [2.05, 4.69) is 5.32 Å². The van der Waals surface area contributed by atoms with Gasteiger partial charge in [0.25, 0.3) is 0 Å². The van der Waals surface area contributed by atoms with E-state index in [-0.39, 0.29) is 12.2 Å². The van der Waals surface area contributed by atoms with Crippen LogP contribution in [0.15, 0.2) is 0 Å². The summed E-state index contributed by atoms with van der Waals surface area (Å²) in [5.74, 6) is 2.54. The van der Waals surface area contributed by atoms with Crippen molar-refractivity contribution >= 4 is 11.9 Å². The van der Waals surface area contributed by atoms with Crippen molar-refractivity contribution < 1.29 is 9.53 Å². The van der Waals surface area contributed by atoms with E-state index in [1.54, 1.807) is 0 Å². The van der Waals surface area contributed by atoms with Gasteiger partial charge >= 0.3 is 6.09 Å². The van der Waals surface area contributed by atoms with Crippen LogP contribution >= 0.6 is 0 Å². The van der Waals surface area contributed by atoms with Crippen LogP contribution < -0.4 is 5.32 Å². The van der Waals surface area contributed by atoms with Crippen molar-refractivity contribution in [3.8, 4) is 0 Å². The van der Waals surface area contributed by atoms with Crippen LogP contribution in [-0.4, -0.2) is 22.0 Å². The first-order valence-corrected chi connectivity index (χ1v) is 10.2. The molecule has 0 unspecified atom stereocenters. The van der Waals surface area contributed by atoms with Crippen LogP contribution in [0.5, 0.6) is 0 Å². The van der Waals surface area contributed by atoms with Gasteiger partial charge in [-0.3, -0.25) is 10.00 Å². The van der Waals surface area contributed by atoms with Gasteiger partial charge in [0.2, 0.25) is 0 Å². The quantitative estimate of drug-likeness (QED) is 0.809. The fourth-order valence-corrected chi connectivity index (χ4v) is 4.61. The number of anilines is 1. The van der Waals surface area contributed by atoms with Gasteiger partial charge in [-0.25, -0.2) is 4.79 Å². The van der Waals surface area contributed by atoms with Crippen LogP contribution in [0.3, 0.4) is 0 Å². The SMILES string of the molecule is C[C@@H](OC(=O)Nc1c(C2CCC2)c(C2CCCC2)nn1C)C1CCC1. The van der Waals surface area contributed by atoms with Gasteiger partial charge in [0, 0.05) is 18.5 Å². The summed E-state index contributed by atoms with van der Waals surface area (Å²) in [6.07, 6.45) is 12.1. The third-order valence-corrected chi connectivity index (χ3v) is 6.69. The number of rotatable bonds is 5. The first-order chi connectivity index (χ1) is 12.1. The number of carbonyl (C=O) groups is 1. The molecular weight excluding hydrogens is 314 g/mol. The average molecular weight is 345 g/mol. The minimum Gasteiger partial charge on any atom is -0.446 e. The van der Waals surface area contributed by atoms with E-state index in [1.165, 1.54) is 75.5 Å². The zero-order chi connectivity index (χ0) is 17.4. The molecule has 3 aliphatic carbocycles. The number of aryl methyl sites for hydroxylation is 1. The Morgan fingerprint density at radius 2 is 1.72 bits per heavy atom. The molecule has 1 atom stereocenters. The largest absolute Gasteiger partial charge is 0.446 e. The first-order valence-electron chi connectivity index (χ1n) is 10.2. The monoisotopic (exact) mass is 345 g/mol. The summed E-state index contributed by atoms with van der Waals surface area (Å²) in [5.41, 5.74) is 2.54. The van der Waals surface area contributed by atoms with E-state index in [0.29, 0.717) is 17.8 Å². The van der Waals surface area contributed by atoms with E-state index in [1.807, 2.05) is 18.7 Å². The molecular formula is C20H31N3O2. The Kier molecular flexibility index (Phi) is 4.74. The number of ether oxygens (including phenoxy) is 1. The summed E-state index contributed by atoms with van der Waals surface area (Å²) < 4.78 is 7.51. The molecule has 5 heteroatoms. The molecule has 1 amide bonds. The lowest BCUT2D eigenvalue weighted by Crippen LogP contribution is -2.31. The second kappa shape index (κ2) is 7.00. The van der Waals surface area contributed by atoms with Gasteiger partial charge in [-0.1, -0.05) is 25.7 Å². The molecule has 25 heavy (non-hydrogen) atoms. The van der Waals surface area contributed by atoms with E-state index in [0.717, 1.165) is 5.82 Å². The number of hydrogen-bond donors (Lipinski definition) is 1. The van der Waals surface area contributed by atoms with E-state index >= 15 is 0 Å². The van der Waals surface area contributed by atoms with Crippen LogP contribution in [0, 0.1) is 5.92 Å². The predicted molar refractivity (Wildman–Crippen MR) is 97.9 cm³/mol. The standard InChI is InChI=1S/C20H31N3O2/c1-13(14-9-5-10-14)25-20(24)21-19-17(15-11-6-12-15)18(22-23(19)2)16-7-3-4-8-16/h13-16H,3-12H2,1-2H3,(H,21,24)/t13-/m1/s1. The summed E-state index contributed by atoms with van der Waals surface area (Å²) in [6.45, 7) is 2.02. The Morgan fingerprint density at radius 3 is 2.28 bits per heavy atom. The summed E-state index contributed by atoms with van der Waals surface area (Å²) in [7, 11) is 1.95. The lowest BCUT2D eigenvalue weighted by atomic mass is 9.78. The van der Waals surface area contributed by atoms with Crippen molar-refractivity contribution in [3.05, 3.63) is 11.3 Å². The van der Waals surface area contributed by atoms with Crippen LogP contribution in [0.4, 0.5) is 10.6 Å². The average Bonchev–Trinajstić information content (AvgIpc) is 3.06. The highest BCUT2D eigenvalue weighted by atomic mass is 16.6. The number of aromatic nitrogens is 2. The molecule has 0 saturated heterocycles. The molecule has 4 rings (SSSR count). The number of nitrogens with zero attached hydrogens (tertiary/aromatic N) is 2. The zero-order valence-corrected chi connectivity index (χ0v) is 15.6. The Morgan fingerprint density at radius 1 is 1.08 bits per heavy atom. The first kappa shape index (κ1) is 16.9. The van der Waals surface area contributed by atoms with E-state index < -0.39 is 0 Å². The third kappa shape index (κ3) is 3.30. The molecule has 3 saturated carbocycles. The van der Waals surface area contributed by atoms with Crippen LogP contribution in [-0.2, 0) is 11.8 Å². The maximum absolute atomic E-state index is 12.5. The van der Waals surface area contributed by atoms with Crippen molar-refractivity contribution in [2.24, 2.45) is 13.0 Å². The topological polar surface area (TPSA) is 56.1 Å². The van der Waals surface area contributed by atoms with Crippen molar-refractivity contribution in [1.29, 1.82) is 0 Å². The van der Waals surface area contributed by atoms with Crippen molar-refractivity contribution in [2.45, 2.75) is 89.1 Å². The highest BCUT2D eigenvalue weighted by Crippen LogP contribution is 2.46. The number of amides is 1. The Bertz CT molecular complexity index is 625. The zero-order valence-electron chi connectivity index (χ0n) is 15.6. The second-order valence-corrected chi connectivity index (χ2v) is 8.31. The summed E-state index contributed by atoms with van der Waals surface area (Å²) in [5, 5.41) is 7.88. The molecule has 3 fully saturated rings. The lowest BCUT2D eigenvalue weighted by Gasteiger charge is -2.31. The van der Waals surface area contributed by atoms with Gasteiger partial charge in [0.15, 0.2) is 0 Å². The van der Waals surface area contributed by atoms with Crippen LogP contribution in [0.1, 0.15) is 94.2 Å². The van der Waals surface area contributed by atoms with Crippen LogP contribution in [0.25, 0.3) is 0 Å². The molecule has 0 aliphatic heterocycles. The van der Waals surface area contributed by atoms with Gasteiger partial charge in [-0.2, -0.15) is 5.10 Å². The number of nitrogens with one attached hydrogen (secondary N) is 1. The predicted octanol–water partition coefficient (Wildman–Crippen LogP) is 5.08. The Balaban J connectivity index is 1.52. The summed E-state index contributed by atoms with van der Waals surface area (Å²) >= 11 is 0. The van der Waals surface area contributed by atoms with Crippen LogP contribution in [0.2, 0.25) is 0 Å². The molecule has 0 aromatic carbocycles. The summed E-state index contributed by atoms with van der Waals surface area (Å²) in [4.78, 5) is 12.5. The lowest BCUT2D eigenvalue weighted by molar-refractivity contribution is 0.0530. The van der Waals surface area contributed by atoms with E-state index in [4.69, 9.17) is 9.84 Å². The van der Waals surface area contributed by atoms with Gasteiger partial charge < -0.3 is 4.74 Å². The molecule has 1 N–H and O–H groups in total. The molecule has 138 valence electrons.